The van der Waals surface area contributed by atoms with Crippen molar-refractivity contribution >= 4 is 15.9 Å². The van der Waals surface area contributed by atoms with Crippen LogP contribution in [0, 0.1) is 11.3 Å². The minimum absolute atomic E-state index is 0.0709. The molecule has 108 valence electrons. The summed E-state index contributed by atoms with van der Waals surface area (Å²) in [4.78, 5) is 4.27. The Balaban J connectivity index is 2.39. The molecule has 1 aromatic carbocycles. The predicted molar refractivity (Wildman–Crippen MR) is 82.6 cm³/mol. The molecule has 0 spiro atoms. The maximum absolute atomic E-state index is 10.5. The van der Waals surface area contributed by atoms with Crippen molar-refractivity contribution in [2.24, 2.45) is 0 Å². The molecule has 0 aliphatic heterocycles. The van der Waals surface area contributed by atoms with Crippen molar-refractivity contribution in [3.63, 3.8) is 0 Å². The molecule has 4 nitrogen and oxygen atoms in total. The highest BCUT2D eigenvalue weighted by atomic mass is 79.9. The van der Waals surface area contributed by atoms with Gasteiger partial charge < -0.3 is 10.2 Å². The summed E-state index contributed by atoms with van der Waals surface area (Å²) in [7, 11) is 0. The number of aryl methyl sites for hydroxylation is 1. The van der Waals surface area contributed by atoms with Crippen molar-refractivity contribution in [2.45, 2.75) is 18.9 Å². The maximum atomic E-state index is 10.5. The molecule has 2 rings (SSSR count). The first-order valence-electron chi connectivity index (χ1n) is 6.60. The van der Waals surface area contributed by atoms with Crippen LogP contribution >= 0.6 is 15.9 Å². The van der Waals surface area contributed by atoms with Crippen molar-refractivity contribution < 1.29 is 10.2 Å². The molecule has 1 aromatic heterocycles. The fraction of sp³-hybridized carbons (Fsp3) is 0.250. The van der Waals surface area contributed by atoms with Gasteiger partial charge in [0.25, 0.3) is 0 Å². The Labute approximate surface area is 131 Å². The second-order valence-electron chi connectivity index (χ2n) is 4.64. The van der Waals surface area contributed by atoms with Crippen LogP contribution < -0.4 is 0 Å². The van der Waals surface area contributed by atoms with E-state index in [-0.39, 0.29) is 6.61 Å². The second-order valence-corrected chi connectivity index (χ2v) is 5.45. The van der Waals surface area contributed by atoms with Crippen molar-refractivity contribution in [3.05, 3.63) is 63.4 Å². The Kier molecular flexibility index (Phi) is 5.45. The summed E-state index contributed by atoms with van der Waals surface area (Å²) < 4.78 is 0.657. The molecule has 5 heteroatoms. The molecule has 2 N–H and O–H groups in total. The zero-order chi connectivity index (χ0) is 15.2. The Bertz CT molecular complexity index is 668. The molecule has 1 unspecified atom stereocenters. The van der Waals surface area contributed by atoms with E-state index < -0.39 is 6.10 Å². The lowest BCUT2D eigenvalue weighted by Gasteiger charge is -2.16. The Morgan fingerprint density at radius 3 is 2.76 bits per heavy atom. The van der Waals surface area contributed by atoms with Crippen molar-refractivity contribution in [3.8, 4) is 6.07 Å². The summed E-state index contributed by atoms with van der Waals surface area (Å²) in [5, 5.41) is 28.5. The molecule has 1 atom stereocenters. The van der Waals surface area contributed by atoms with E-state index in [4.69, 9.17) is 10.4 Å². The van der Waals surface area contributed by atoms with Crippen LogP contribution in [0.2, 0.25) is 0 Å². The standard InChI is InChI=1S/C16H15BrN2O2/c17-15-5-1-4-14(19-15)16(21)13-7-6-11(10-18)9-12(13)3-2-8-20/h1,4-7,9,16,20-21H,2-3,8H2. The monoisotopic (exact) mass is 346 g/mol. The summed E-state index contributed by atoms with van der Waals surface area (Å²) in [6, 6.07) is 12.6. The highest BCUT2D eigenvalue weighted by Gasteiger charge is 2.16. The third-order valence-electron chi connectivity index (χ3n) is 3.19. The topological polar surface area (TPSA) is 77.1 Å². The van der Waals surface area contributed by atoms with Gasteiger partial charge >= 0.3 is 0 Å². The van der Waals surface area contributed by atoms with Crippen LogP contribution in [0.1, 0.15) is 34.9 Å². The first kappa shape index (κ1) is 15.6. The van der Waals surface area contributed by atoms with Gasteiger partial charge in [0.2, 0.25) is 0 Å². The van der Waals surface area contributed by atoms with Gasteiger partial charge in [-0.3, -0.25) is 0 Å². The molecule has 0 fully saturated rings. The van der Waals surface area contributed by atoms with Crippen molar-refractivity contribution in [2.75, 3.05) is 6.61 Å². The number of nitrogens with zero attached hydrogens (tertiary/aromatic N) is 2. The molecule has 21 heavy (non-hydrogen) atoms. The number of pyridine rings is 1. The van der Waals surface area contributed by atoms with E-state index in [1.54, 1.807) is 30.3 Å². The number of nitriles is 1. The minimum atomic E-state index is -0.857. The third-order valence-corrected chi connectivity index (χ3v) is 3.63. The van der Waals surface area contributed by atoms with E-state index >= 15 is 0 Å². The number of aromatic nitrogens is 1. The molecule has 0 aliphatic rings. The van der Waals surface area contributed by atoms with Crippen LogP contribution in [0.3, 0.4) is 0 Å². The fourth-order valence-corrected chi connectivity index (χ4v) is 2.52. The summed E-state index contributed by atoms with van der Waals surface area (Å²) in [6.45, 7) is 0.0709. The largest absolute Gasteiger partial charge is 0.396 e. The Hall–Kier alpha value is -1.74. The van der Waals surface area contributed by atoms with Gasteiger partial charge in [0, 0.05) is 6.61 Å². The van der Waals surface area contributed by atoms with E-state index in [1.165, 1.54) is 0 Å². The maximum Gasteiger partial charge on any atom is 0.121 e. The molecule has 0 radical (unpaired) electrons. The van der Waals surface area contributed by atoms with Crippen LogP contribution in [0.25, 0.3) is 0 Å². The molecule has 0 saturated heterocycles. The summed E-state index contributed by atoms with van der Waals surface area (Å²) in [5.41, 5.74) is 2.66. The highest BCUT2D eigenvalue weighted by molar-refractivity contribution is 9.10. The van der Waals surface area contributed by atoms with Crippen molar-refractivity contribution in [1.29, 1.82) is 5.26 Å². The lowest BCUT2D eigenvalue weighted by Crippen LogP contribution is -2.07. The number of aliphatic hydroxyl groups is 2. The predicted octanol–water partition coefficient (Wildman–Crippen LogP) is 2.72. The van der Waals surface area contributed by atoms with Crippen LogP contribution in [0.5, 0.6) is 0 Å². The number of hydrogen-bond acceptors (Lipinski definition) is 4. The summed E-state index contributed by atoms with van der Waals surface area (Å²) >= 11 is 3.29. The van der Waals surface area contributed by atoms with Crippen molar-refractivity contribution in [1.82, 2.24) is 4.98 Å². The molecule has 0 aliphatic carbocycles. The quantitative estimate of drug-likeness (QED) is 0.816. The molecule has 1 heterocycles. The van der Waals surface area contributed by atoms with E-state index in [0.29, 0.717) is 34.3 Å². The van der Waals surface area contributed by atoms with Gasteiger partial charge in [0.05, 0.1) is 17.3 Å². The van der Waals surface area contributed by atoms with E-state index in [2.05, 4.69) is 27.0 Å². The first-order valence-corrected chi connectivity index (χ1v) is 7.39. The molecule has 2 aromatic rings. The number of hydrogen-bond donors (Lipinski definition) is 2. The van der Waals surface area contributed by atoms with Gasteiger partial charge in [0.1, 0.15) is 10.7 Å². The normalized spacial score (nSPS) is 11.9. The Morgan fingerprint density at radius 1 is 1.29 bits per heavy atom. The second kappa shape index (κ2) is 7.32. The lowest BCUT2D eigenvalue weighted by molar-refractivity contribution is 0.213. The fourth-order valence-electron chi connectivity index (χ4n) is 2.16. The molecular formula is C16H15BrN2O2. The molecule has 0 saturated carbocycles. The van der Waals surface area contributed by atoms with E-state index in [9.17, 15) is 5.11 Å². The van der Waals surface area contributed by atoms with Crippen LogP contribution in [-0.2, 0) is 6.42 Å². The number of benzene rings is 1. The molecular weight excluding hydrogens is 332 g/mol. The van der Waals surface area contributed by atoms with E-state index in [1.807, 2.05) is 6.07 Å². The van der Waals surface area contributed by atoms with Gasteiger partial charge in [-0.05, 0) is 64.2 Å². The van der Waals surface area contributed by atoms with Gasteiger partial charge in [-0.2, -0.15) is 5.26 Å². The highest BCUT2D eigenvalue weighted by Crippen LogP contribution is 2.26. The average Bonchev–Trinajstić information content (AvgIpc) is 2.52. The lowest BCUT2D eigenvalue weighted by atomic mass is 9.95. The number of aliphatic hydroxyl groups excluding tert-OH is 2. The number of halogens is 1. The zero-order valence-electron chi connectivity index (χ0n) is 11.3. The Morgan fingerprint density at radius 2 is 2.10 bits per heavy atom. The molecule has 0 amide bonds. The third kappa shape index (κ3) is 3.88. The first-order chi connectivity index (χ1) is 10.2. The smallest absolute Gasteiger partial charge is 0.121 e. The van der Waals surface area contributed by atoms with Crippen LogP contribution in [0.4, 0.5) is 0 Å². The van der Waals surface area contributed by atoms with Crippen LogP contribution in [-0.4, -0.2) is 21.8 Å². The SMILES string of the molecule is N#Cc1ccc(C(O)c2cccc(Br)n2)c(CCCO)c1. The van der Waals surface area contributed by atoms with E-state index in [0.717, 1.165) is 5.56 Å². The average molecular weight is 347 g/mol. The van der Waals surface area contributed by atoms with Gasteiger partial charge in [-0.1, -0.05) is 12.1 Å². The summed E-state index contributed by atoms with van der Waals surface area (Å²) in [6.07, 6.45) is 0.330. The number of rotatable bonds is 5. The summed E-state index contributed by atoms with van der Waals surface area (Å²) in [5.74, 6) is 0. The minimum Gasteiger partial charge on any atom is -0.396 e. The zero-order valence-corrected chi connectivity index (χ0v) is 12.9. The van der Waals surface area contributed by atoms with Gasteiger partial charge in [-0.15, -0.1) is 0 Å². The molecule has 0 bridgehead atoms. The van der Waals surface area contributed by atoms with Gasteiger partial charge in [-0.25, -0.2) is 4.98 Å². The van der Waals surface area contributed by atoms with Crippen LogP contribution in [0.15, 0.2) is 41.0 Å². The van der Waals surface area contributed by atoms with Gasteiger partial charge in [0.15, 0.2) is 0 Å².